The van der Waals surface area contributed by atoms with E-state index in [1.54, 1.807) is 45.0 Å². The Morgan fingerprint density at radius 2 is 1.95 bits per heavy atom. The molecule has 2 N–H and O–H groups in total. The lowest BCUT2D eigenvalue weighted by atomic mass is 10.2. The van der Waals surface area contributed by atoms with Gasteiger partial charge in [0, 0.05) is 12.2 Å². The molecule has 0 fully saturated rings. The maximum atomic E-state index is 11.6. The van der Waals surface area contributed by atoms with E-state index in [1.165, 1.54) is 0 Å². The summed E-state index contributed by atoms with van der Waals surface area (Å²) in [7, 11) is -3.24. The van der Waals surface area contributed by atoms with Gasteiger partial charge in [-0.1, -0.05) is 12.1 Å². The smallest absolute Gasteiger partial charge is 0.412 e. The second-order valence-corrected chi connectivity index (χ2v) is 7.25. The molecule has 0 aromatic heterocycles. The van der Waals surface area contributed by atoms with Gasteiger partial charge in [-0.25, -0.2) is 17.9 Å². The maximum absolute atomic E-state index is 11.6. The molecule has 20 heavy (non-hydrogen) atoms. The fourth-order valence-corrected chi connectivity index (χ4v) is 1.82. The van der Waals surface area contributed by atoms with Crippen LogP contribution in [0, 0.1) is 0 Å². The number of benzene rings is 1. The first-order chi connectivity index (χ1) is 9.05. The maximum Gasteiger partial charge on any atom is 0.412 e. The van der Waals surface area contributed by atoms with E-state index in [4.69, 9.17) is 4.74 Å². The molecule has 0 spiro atoms. The summed E-state index contributed by atoms with van der Waals surface area (Å²) in [6, 6.07) is 6.88. The number of anilines is 1. The van der Waals surface area contributed by atoms with Gasteiger partial charge in [0.15, 0.2) is 0 Å². The molecule has 0 unspecified atom stereocenters. The quantitative estimate of drug-likeness (QED) is 0.891. The molecule has 0 saturated carbocycles. The molecule has 0 heterocycles. The second kappa shape index (κ2) is 6.23. The third-order valence-corrected chi connectivity index (χ3v) is 2.78. The molecule has 0 aliphatic rings. The fraction of sp³-hybridized carbons (Fsp3) is 0.462. The van der Waals surface area contributed by atoms with E-state index >= 15 is 0 Å². The van der Waals surface area contributed by atoms with Gasteiger partial charge in [-0.15, -0.1) is 0 Å². The average Bonchev–Trinajstić information content (AvgIpc) is 2.23. The van der Waals surface area contributed by atoms with E-state index in [1.807, 2.05) is 0 Å². The highest BCUT2D eigenvalue weighted by Crippen LogP contribution is 2.13. The van der Waals surface area contributed by atoms with Crippen molar-refractivity contribution in [1.29, 1.82) is 0 Å². The van der Waals surface area contributed by atoms with E-state index in [0.717, 1.165) is 11.8 Å². The molecule has 6 nitrogen and oxygen atoms in total. The highest BCUT2D eigenvalue weighted by atomic mass is 32.2. The highest BCUT2D eigenvalue weighted by molar-refractivity contribution is 7.88. The van der Waals surface area contributed by atoms with Gasteiger partial charge in [-0.05, 0) is 38.5 Å². The number of ether oxygens (including phenoxy) is 1. The van der Waals surface area contributed by atoms with Crippen molar-refractivity contribution < 1.29 is 17.9 Å². The molecule has 1 rings (SSSR count). The first-order valence-electron chi connectivity index (χ1n) is 6.09. The van der Waals surface area contributed by atoms with Gasteiger partial charge in [0.05, 0.1) is 6.26 Å². The summed E-state index contributed by atoms with van der Waals surface area (Å²) in [5, 5.41) is 2.60. The van der Waals surface area contributed by atoms with Gasteiger partial charge < -0.3 is 4.74 Å². The first kappa shape index (κ1) is 16.5. The van der Waals surface area contributed by atoms with Gasteiger partial charge in [-0.2, -0.15) is 0 Å². The monoisotopic (exact) mass is 300 g/mol. The van der Waals surface area contributed by atoms with Crippen LogP contribution in [-0.2, 0) is 21.3 Å². The summed E-state index contributed by atoms with van der Waals surface area (Å²) in [6.07, 6.45) is 0.543. The predicted octanol–water partition coefficient (Wildman–Crippen LogP) is 2.08. The molecule has 0 radical (unpaired) electrons. The molecule has 1 aromatic carbocycles. The number of amides is 1. The standard InChI is InChI=1S/C13H20N2O4S/c1-13(2,3)19-12(16)15-11-7-5-6-10(8-11)9-14-20(4,17)18/h5-8,14H,9H2,1-4H3,(H,15,16). The lowest BCUT2D eigenvalue weighted by Gasteiger charge is -2.19. The van der Waals surface area contributed by atoms with Crippen molar-refractivity contribution in [2.75, 3.05) is 11.6 Å². The largest absolute Gasteiger partial charge is 0.444 e. The van der Waals surface area contributed by atoms with Crippen molar-refractivity contribution >= 4 is 21.8 Å². The van der Waals surface area contributed by atoms with E-state index in [2.05, 4.69) is 10.0 Å². The van der Waals surface area contributed by atoms with Crippen LogP contribution < -0.4 is 10.0 Å². The van der Waals surface area contributed by atoms with Crippen molar-refractivity contribution in [2.45, 2.75) is 32.9 Å². The molecule has 0 saturated heterocycles. The zero-order chi connectivity index (χ0) is 15.4. The van der Waals surface area contributed by atoms with Crippen LogP contribution in [0.1, 0.15) is 26.3 Å². The molecular formula is C13H20N2O4S. The molecule has 0 atom stereocenters. The minimum Gasteiger partial charge on any atom is -0.444 e. The van der Waals surface area contributed by atoms with Crippen molar-refractivity contribution in [3.05, 3.63) is 29.8 Å². The molecule has 1 amide bonds. The normalized spacial score (nSPS) is 12.0. The van der Waals surface area contributed by atoms with Crippen LogP contribution in [0.3, 0.4) is 0 Å². The van der Waals surface area contributed by atoms with Gasteiger partial charge in [-0.3, -0.25) is 5.32 Å². The van der Waals surface area contributed by atoms with Crippen LogP contribution >= 0.6 is 0 Å². The topological polar surface area (TPSA) is 84.5 Å². The van der Waals surface area contributed by atoms with Crippen molar-refractivity contribution in [3.8, 4) is 0 Å². The van der Waals surface area contributed by atoms with Crippen LogP contribution in [0.15, 0.2) is 24.3 Å². The molecule has 0 bridgehead atoms. The van der Waals surface area contributed by atoms with Crippen LogP contribution in [0.5, 0.6) is 0 Å². The molecule has 112 valence electrons. The number of rotatable bonds is 4. The zero-order valence-electron chi connectivity index (χ0n) is 12.1. The molecule has 7 heteroatoms. The summed E-state index contributed by atoms with van der Waals surface area (Å²) >= 11 is 0. The Hall–Kier alpha value is -1.60. The Balaban J connectivity index is 2.66. The van der Waals surface area contributed by atoms with Crippen molar-refractivity contribution in [1.82, 2.24) is 4.72 Å². The molecule has 1 aromatic rings. The Kier molecular flexibility index (Phi) is 5.13. The summed E-state index contributed by atoms with van der Waals surface area (Å²) in [5.41, 5.74) is 0.718. The van der Waals surface area contributed by atoms with Crippen LogP contribution in [0.4, 0.5) is 10.5 Å². The zero-order valence-corrected chi connectivity index (χ0v) is 12.9. The molecule has 0 aliphatic heterocycles. The SMILES string of the molecule is CC(C)(C)OC(=O)Nc1cccc(CNS(C)(=O)=O)c1. The lowest BCUT2D eigenvalue weighted by molar-refractivity contribution is 0.0636. The Morgan fingerprint density at radius 3 is 2.50 bits per heavy atom. The van der Waals surface area contributed by atoms with Crippen LogP contribution in [0.2, 0.25) is 0 Å². The van der Waals surface area contributed by atoms with Crippen molar-refractivity contribution in [3.63, 3.8) is 0 Å². The second-order valence-electron chi connectivity index (χ2n) is 5.42. The predicted molar refractivity (Wildman–Crippen MR) is 78.0 cm³/mol. The number of hydrogen-bond acceptors (Lipinski definition) is 4. The average molecular weight is 300 g/mol. The number of carbonyl (C=O) groups excluding carboxylic acids is 1. The van der Waals surface area contributed by atoms with Crippen molar-refractivity contribution in [2.24, 2.45) is 0 Å². The van der Waals surface area contributed by atoms with E-state index in [9.17, 15) is 13.2 Å². The van der Waals surface area contributed by atoms with E-state index in [-0.39, 0.29) is 6.54 Å². The molecular weight excluding hydrogens is 280 g/mol. The van der Waals surface area contributed by atoms with Gasteiger partial charge in [0.2, 0.25) is 10.0 Å². The number of sulfonamides is 1. The third kappa shape index (κ3) is 7.10. The minimum atomic E-state index is -3.24. The Bertz CT molecular complexity index is 576. The first-order valence-corrected chi connectivity index (χ1v) is 7.98. The Labute approximate surface area is 119 Å². The fourth-order valence-electron chi connectivity index (χ4n) is 1.39. The lowest BCUT2D eigenvalue weighted by Crippen LogP contribution is -2.27. The summed E-state index contributed by atoms with van der Waals surface area (Å²) in [4.78, 5) is 11.6. The number of carbonyl (C=O) groups is 1. The summed E-state index contributed by atoms with van der Waals surface area (Å²) in [5.74, 6) is 0. The third-order valence-electron chi connectivity index (χ3n) is 2.11. The summed E-state index contributed by atoms with van der Waals surface area (Å²) < 4.78 is 29.6. The van der Waals surface area contributed by atoms with Crippen LogP contribution in [0.25, 0.3) is 0 Å². The Morgan fingerprint density at radius 1 is 1.30 bits per heavy atom. The van der Waals surface area contributed by atoms with Gasteiger partial charge >= 0.3 is 6.09 Å². The van der Waals surface area contributed by atoms with E-state index in [0.29, 0.717) is 5.69 Å². The van der Waals surface area contributed by atoms with Gasteiger partial charge in [0.25, 0.3) is 0 Å². The number of hydrogen-bond donors (Lipinski definition) is 2. The highest BCUT2D eigenvalue weighted by Gasteiger charge is 2.16. The number of nitrogens with one attached hydrogen (secondary N) is 2. The minimum absolute atomic E-state index is 0.169. The van der Waals surface area contributed by atoms with E-state index < -0.39 is 21.7 Å². The molecule has 0 aliphatic carbocycles. The summed E-state index contributed by atoms with van der Waals surface area (Å²) in [6.45, 7) is 5.50. The van der Waals surface area contributed by atoms with Gasteiger partial charge in [0.1, 0.15) is 5.60 Å². The van der Waals surface area contributed by atoms with Crippen LogP contribution in [-0.4, -0.2) is 26.4 Å².